The monoisotopic (exact) mass is 722 g/mol. The van der Waals surface area contributed by atoms with E-state index in [1.54, 1.807) is 35.2 Å². The number of urea groups is 1. The molecule has 5 aliphatic rings. The highest BCUT2D eigenvalue weighted by molar-refractivity contribution is 7.89. The lowest BCUT2D eigenvalue weighted by Gasteiger charge is -2.38. The molecule has 3 saturated carbocycles. The number of hydrogen-bond acceptors (Lipinski definition) is 6. The highest BCUT2D eigenvalue weighted by atomic mass is 32.2. The van der Waals surface area contributed by atoms with Crippen LogP contribution in [0.5, 0.6) is 0 Å². The summed E-state index contributed by atoms with van der Waals surface area (Å²) in [6.07, 6.45) is 7.27. The lowest BCUT2D eigenvalue weighted by Crippen LogP contribution is -2.61. The SMILES string of the molecule is C=CCNC(=O)C(=C1CC1)C(CC1CCC1)NC(=O)[C@@H]1[C@@H]2[C@H](CN1C(=O)[C@@H](NC(=O)NCCN1Cc3ccccc3S1(=O)=O)C(C)(C)C)C2(C)C. The molecule has 2 heterocycles. The number of amides is 5. The third-order valence-corrected chi connectivity index (χ3v) is 13.7. The Hall–Kier alpha value is -3.71. The van der Waals surface area contributed by atoms with Crippen molar-refractivity contribution in [3.8, 4) is 0 Å². The molecule has 1 aromatic carbocycles. The van der Waals surface area contributed by atoms with E-state index in [1.165, 1.54) is 4.31 Å². The third kappa shape index (κ3) is 7.46. The predicted octanol–water partition coefficient (Wildman–Crippen LogP) is 3.46. The van der Waals surface area contributed by atoms with Crippen LogP contribution < -0.4 is 21.3 Å². The maximum absolute atomic E-state index is 14.4. The normalized spacial score (nSPS) is 25.4. The van der Waals surface area contributed by atoms with E-state index in [1.807, 2.05) is 20.8 Å². The number of fused-ring (bicyclic) bond motifs is 2. The number of piperidine rings is 1. The summed E-state index contributed by atoms with van der Waals surface area (Å²) in [5, 5.41) is 11.8. The number of rotatable bonds is 13. The summed E-state index contributed by atoms with van der Waals surface area (Å²) in [7, 11) is -3.64. The Morgan fingerprint density at radius 3 is 2.37 bits per heavy atom. The number of nitrogens with zero attached hydrogens (tertiary/aromatic N) is 2. The standard InChI is InChI=1S/C38H54N6O6S/c1-7-17-39-33(45)29(24-15-16-24)27(20-23-11-10-12-23)41-34(46)31-30-26(38(30,5)6)22-44(31)35(47)32(37(2,3)4)42-36(48)40-18-19-43-21-25-13-8-9-14-28(25)51(43,49)50/h7-9,13-14,23,26-27,30-32H,1,10-12,15-22H2,2-6H3,(H,39,45)(H,41,46)(H2,40,42,48)/t26-,27?,30-,31-,32+/m0/s1. The van der Waals surface area contributed by atoms with Crippen LogP contribution in [0, 0.1) is 28.6 Å². The van der Waals surface area contributed by atoms with Crippen LogP contribution in [0.2, 0.25) is 0 Å². The molecule has 278 valence electrons. The van der Waals surface area contributed by atoms with Crippen LogP contribution in [0.15, 0.2) is 53.0 Å². The number of carbonyl (C=O) groups is 4. The van der Waals surface area contributed by atoms with E-state index < -0.39 is 39.6 Å². The summed E-state index contributed by atoms with van der Waals surface area (Å²) in [5.41, 5.74) is 1.61. The molecule has 4 fully saturated rings. The minimum atomic E-state index is -3.64. The van der Waals surface area contributed by atoms with E-state index in [-0.39, 0.29) is 59.5 Å². The molecule has 0 radical (unpaired) electrons. The average Bonchev–Trinajstić information content (AvgIpc) is 3.87. The number of benzene rings is 1. The smallest absolute Gasteiger partial charge is 0.315 e. The summed E-state index contributed by atoms with van der Waals surface area (Å²) < 4.78 is 27.2. The lowest BCUT2D eigenvalue weighted by molar-refractivity contribution is -0.144. The van der Waals surface area contributed by atoms with E-state index in [4.69, 9.17) is 0 Å². The van der Waals surface area contributed by atoms with E-state index in [0.717, 1.165) is 43.2 Å². The maximum atomic E-state index is 14.4. The van der Waals surface area contributed by atoms with Gasteiger partial charge in [0.2, 0.25) is 27.7 Å². The number of allylic oxidation sites excluding steroid dienone is 1. The van der Waals surface area contributed by atoms with Crippen molar-refractivity contribution in [2.75, 3.05) is 26.2 Å². The van der Waals surface area contributed by atoms with Crippen molar-refractivity contribution in [2.24, 2.45) is 28.6 Å². The Morgan fingerprint density at radius 2 is 1.76 bits per heavy atom. The van der Waals surface area contributed by atoms with Crippen LogP contribution in [0.3, 0.4) is 0 Å². The molecule has 5 amide bonds. The zero-order chi connectivity index (χ0) is 36.9. The van der Waals surface area contributed by atoms with Gasteiger partial charge in [-0.2, -0.15) is 4.31 Å². The van der Waals surface area contributed by atoms with Crippen LogP contribution in [-0.2, 0) is 31.0 Å². The largest absolute Gasteiger partial charge is 0.349 e. The van der Waals surface area contributed by atoms with Crippen LogP contribution in [-0.4, -0.2) is 85.7 Å². The first kappa shape index (κ1) is 37.1. The van der Waals surface area contributed by atoms with Gasteiger partial charge in [0.15, 0.2) is 0 Å². The van der Waals surface area contributed by atoms with E-state index >= 15 is 0 Å². The number of likely N-dealkylation sites (tertiary alicyclic amines) is 1. The Morgan fingerprint density at radius 1 is 1.06 bits per heavy atom. The zero-order valence-electron chi connectivity index (χ0n) is 30.6. The summed E-state index contributed by atoms with van der Waals surface area (Å²) in [4.78, 5) is 57.4. The van der Waals surface area contributed by atoms with Crippen molar-refractivity contribution >= 4 is 33.8 Å². The minimum Gasteiger partial charge on any atom is -0.349 e. The molecule has 13 heteroatoms. The molecule has 5 atom stereocenters. The van der Waals surface area contributed by atoms with Gasteiger partial charge in [0, 0.05) is 38.3 Å². The highest BCUT2D eigenvalue weighted by Gasteiger charge is 2.70. The first-order valence-corrected chi connectivity index (χ1v) is 19.8. The molecule has 12 nitrogen and oxygen atoms in total. The molecule has 0 bridgehead atoms. The lowest BCUT2D eigenvalue weighted by atomic mass is 9.79. The molecule has 4 N–H and O–H groups in total. The number of nitrogens with one attached hydrogen (secondary N) is 4. The van der Waals surface area contributed by atoms with Gasteiger partial charge < -0.3 is 26.2 Å². The minimum absolute atomic E-state index is 0.0431. The Balaban J connectivity index is 1.15. The topological polar surface area (TPSA) is 157 Å². The van der Waals surface area contributed by atoms with Crippen molar-refractivity contribution < 1.29 is 27.6 Å². The molecule has 1 unspecified atom stereocenters. The van der Waals surface area contributed by atoms with Gasteiger partial charge >= 0.3 is 6.03 Å². The van der Waals surface area contributed by atoms with Crippen molar-refractivity contribution in [1.29, 1.82) is 0 Å². The number of hydrogen-bond donors (Lipinski definition) is 4. The van der Waals surface area contributed by atoms with Gasteiger partial charge in [-0.15, -0.1) is 6.58 Å². The average molecular weight is 723 g/mol. The molecular formula is C38H54N6O6S. The zero-order valence-corrected chi connectivity index (χ0v) is 31.4. The molecule has 51 heavy (non-hydrogen) atoms. The Labute approximate surface area is 302 Å². The van der Waals surface area contributed by atoms with Crippen LogP contribution in [0.25, 0.3) is 0 Å². The number of carbonyl (C=O) groups excluding carboxylic acids is 4. The molecule has 3 aliphatic carbocycles. The third-order valence-electron chi connectivity index (χ3n) is 11.7. The van der Waals surface area contributed by atoms with Gasteiger partial charge in [-0.05, 0) is 59.5 Å². The number of sulfonamides is 1. The Kier molecular flexibility index (Phi) is 10.2. The van der Waals surface area contributed by atoms with Gasteiger partial charge in [-0.25, -0.2) is 13.2 Å². The fourth-order valence-corrected chi connectivity index (χ4v) is 9.96. The molecule has 2 aliphatic heterocycles. The summed E-state index contributed by atoms with van der Waals surface area (Å²) in [6.45, 7) is 14.7. The van der Waals surface area contributed by atoms with Gasteiger partial charge in [0.1, 0.15) is 12.1 Å². The van der Waals surface area contributed by atoms with E-state index in [2.05, 4.69) is 41.7 Å². The van der Waals surface area contributed by atoms with Crippen LogP contribution in [0.4, 0.5) is 4.79 Å². The fourth-order valence-electron chi connectivity index (χ4n) is 8.33. The second-order valence-corrected chi connectivity index (χ2v) is 18.6. The highest BCUT2D eigenvalue weighted by Crippen LogP contribution is 2.65. The summed E-state index contributed by atoms with van der Waals surface area (Å²) in [6, 6.07) is 4.13. The molecular weight excluding hydrogens is 669 g/mol. The van der Waals surface area contributed by atoms with Gasteiger partial charge in [-0.3, -0.25) is 14.4 Å². The molecule has 1 saturated heterocycles. The van der Waals surface area contributed by atoms with Crippen LogP contribution >= 0.6 is 0 Å². The van der Waals surface area contributed by atoms with Gasteiger partial charge in [-0.1, -0.05) is 83.7 Å². The predicted molar refractivity (Wildman–Crippen MR) is 193 cm³/mol. The second kappa shape index (κ2) is 14.0. The Bertz CT molecular complexity index is 1720. The molecule has 0 spiro atoms. The molecule has 0 aromatic heterocycles. The molecule has 1 aromatic rings. The van der Waals surface area contributed by atoms with Crippen molar-refractivity contribution in [2.45, 2.75) is 103 Å². The maximum Gasteiger partial charge on any atom is 0.315 e. The van der Waals surface area contributed by atoms with Crippen molar-refractivity contribution in [3.05, 3.63) is 53.6 Å². The van der Waals surface area contributed by atoms with Crippen molar-refractivity contribution in [1.82, 2.24) is 30.5 Å². The quantitative estimate of drug-likeness (QED) is 0.181. The van der Waals surface area contributed by atoms with Gasteiger partial charge in [0.25, 0.3) is 0 Å². The van der Waals surface area contributed by atoms with Crippen molar-refractivity contribution in [3.63, 3.8) is 0 Å². The van der Waals surface area contributed by atoms with Gasteiger partial charge in [0.05, 0.1) is 10.9 Å². The molecule has 6 rings (SSSR count). The van der Waals surface area contributed by atoms with E-state index in [0.29, 0.717) is 31.0 Å². The fraction of sp³-hybridized carbons (Fsp3) is 0.632. The second-order valence-electron chi connectivity index (χ2n) is 16.6. The summed E-state index contributed by atoms with van der Waals surface area (Å²) >= 11 is 0. The first-order chi connectivity index (χ1) is 24.0. The van der Waals surface area contributed by atoms with Crippen LogP contribution in [0.1, 0.15) is 78.7 Å². The summed E-state index contributed by atoms with van der Waals surface area (Å²) in [5.74, 6) is -0.244. The van der Waals surface area contributed by atoms with E-state index in [9.17, 15) is 27.6 Å². The first-order valence-electron chi connectivity index (χ1n) is 18.4.